The Hall–Kier alpha value is -1.11. The Labute approximate surface area is 120 Å². The van der Waals surface area contributed by atoms with Crippen molar-refractivity contribution < 1.29 is 14.7 Å². The fourth-order valence-electron chi connectivity index (χ4n) is 2.02. The SMILES string of the molecule is CCN(C(C)=O)C(C)(C(=O)O)c1ccc(I)cc1. The summed E-state index contributed by atoms with van der Waals surface area (Å²) in [5, 5.41) is 9.51. The highest BCUT2D eigenvalue weighted by Gasteiger charge is 2.42. The molecule has 0 saturated heterocycles. The largest absolute Gasteiger partial charge is 0.479 e. The van der Waals surface area contributed by atoms with Crippen molar-refractivity contribution in [3.63, 3.8) is 0 Å². The summed E-state index contributed by atoms with van der Waals surface area (Å²) in [5.41, 5.74) is -0.724. The average molecular weight is 361 g/mol. The number of likely N-dealkylation sites (N-methyl/N-ethyl adjacent to an activating group) is 1. The lowest BCUT2D eigenvalue weighted by molar-refractivity contribution is -0.158. The van der Waals surface area contributed by atoms with Gasteiger partial charge in [-0.25, -0.2) is 4.79 Å². The van der Waals surface area contributed by atoms with Crippen LogP contribution in [0.4, 0.5) is 0 Å². The van der Waals surface area contributed by atoms with Gasteiger partial charge in [0.05, 0.1) is 0 Å². The van der Waals surface area contributed by atoms with Gasteiger partial charge in [0.15, 0.2) is 5.54 Å². The summed E-state index contributed by atoms with van der Waals surface area (Å²) in [6.45, 7) is 5.07. The van der Waals surface area contributed by atoms with Gasteiger partial charge in [0, 0.05) is 17.0 Å². The van der Waals surface area contributed by atoms with Crippen LogP contribution in [-0.2, 0) is 15.1 Å². The first-order valence-corrected chi connectivity index (χ1v) is 6.69. The van der Waals surface area contributed by atoms with Gasteiger partial charge in [0.2, 0.25) is 5.91 Å². The van der Waals surface area contributed by atoms with E-state index in [0.29, 0.717) is 12.1 Å². The van der Waals surface area contributed by atoms with Crippen molar-refractivity contribution in [2.24, 2.45) is 0 Å². The first-order chi connectivity index (χ1) is 8.33. The minimum Gasteiger partial charge on any atom is -0.479 e. The first kappa shape index (κ1) is 14.9. The topological polar surface area (TPSA) is 57.6 Å². The minimum atomic E-state index is -1.33. The Bertz CT molecular complexity index is 458. The van der Waals surface area contributed by atoms with Gasteiger partial charge in [-0.3, -0.25) is 4.79 Å². The second-order valence-electron chi connectivity index (χ2n) is 4.15. The van der Waals surface area contributed by atoms with Crippen molar-refractivity contribution in [1.82, 2.24) is 4.90 Å². The molecular formula is C13H16INO3. The number of amides is 1. The van der Waals surface area contributed by atoms with Crippen LogP contribution < -0.4 is 0 Å². The second kappa shape index (κ2) is 5.69. The van der Waals surface area contributed by atoms with Crippen LogP contribution in [0.1, 0.15) is 26.3 Å². The molecule has 0 radical (unpaired) electrons. The summed E-state index contributed by atoms with van der Waals surface area (Å²) < 4.78 is 1.02. The Morgan fingerprint density at radius 2 is 1.83 bits per heavy atom. The first-order valence-electron chi connectivity index (χ1n) is 5.61. The van der Waals surface area contributed by atoms with Crippen LogP contribution in [0.2, 0.25) is 0 Å². The van der Waals surface area contributed by atoms with E-state index in [0.717, 1.165) is 3.57 Å². The monoisotopic (exact) mass is 361 g/mol. The quantitative estimate of drug-likeness (QED) is 0.839. The number of nitrogens with zero attached hydrogens (tertiary/aromatic N) is 1. The van der Waals surface area contributed by atoms with Crippen LogP contribution in [0.3, 0.4) is 0 Å². The van der Waals surface area contributed by atoms with E-state index in [4.69, 9.17) is 0 Å². The molecule has 1 N–H and O–H groups in total. The molecule has 0 bridgehead atoms. The van der Waals surface area contributed by atoms with Gasteiger partial charge in [0.1, 0.15) is 0 Å². The molecule has 0 aliphatic heterocycles. The Kier molecular flexibility index (Phi) is 4.72. The van der Waals surface area contributed by atoms with Gasteiger partial charge in [0.25, 0.3) is 0 Å². The summed E-state index contributed by atoms with van der Waals surface area (Å²) in [5.74, 6) is -1.28. The maximum Gasteiger partial charge on any atom is 0.334 e. The molecule has 1 amide bonds. The van der Waals surface area contributed by atoms with E-state index in [1.165, 1.54) is 11.8 Å². The number of carboxylic acids is 1. The van der Waals surface area contributed by atoms with E-state index in [9.17, 15) is 14.7 Å². The number of halogens is 1. The molecule has 0 saturated carbocycles. The van der Waals surface area contributed by atoms with E-state index in [-0.39, 0.29) is 5.91 Å². The van der Waals surface area contributed by atoms with Gasteiger partial charge < -0.3 is 10.0 Å². The molecule has 1 atom stereocenters. The lowest BCUT2D eigenvalue weighted by atomic mass is 9.90. The van der Waals surface area contributed by atoms with Crippen molar-refractivity contribution in [2.45, 2.75) is 26.3 Å². The molecule has 1 rings (SSSR count). The molecule has 0 aliphatic carbocycles. The Morgan fingerprint density at radius 3 is 2.17 bits per heavy atom. The zero-order valence-electron chi connectivity index (χ0n) is 10.6. The summed E-state index contributed by atoms with van der Waals surface area (Å²) in [4.78, 5) is 24.6. The third kappa shape index (κ3) is 2.66. The molecule has 5 heteroatoms. The molecule has 4 nitrogen and oxygen atoms in total. The van der Waals surface area contributed by atoms with Crippen LogP contribution in [0.15, 0.2) is 24.3 Å². The molecule has 0 aromatic heterocycles. The average Bonchev–Trinajstić information content (AvgIpc) is 2.29. The summed E-state index contributed by atoms with van der Waals surface area (Å²) in [6.07, 6.45) is 0. The number of rotatable bonds is 4. The van der Waals surface area contributed by atoms with E-state index >= 15 is 0 Å². The second-order valence-corrected chi connectivity index (χ2v) is 5.39. The number of hydrogen-bond donors (Lipinski definition) is 1. The predicted molar refractivity (Wildman–Crippen MR) is 77.2 cm³/mol. The Morgan fingerprint density at radius 1 is 1.33 bits per heavy atom. The number of benzene rings is 1. The van der Waals surface area contributed by atoms with E-state index in [2.05, 4.69) is 22.6 Å². The third-order valence-electron chi connectivity index (χ3n) is 3.06. The number of hydrogen-bond acceptors (Lipinski definition) is 2. The van der Waals surface area contributed by atoms with Crippen LogP contribution in [0.25, 0.3) is 0 Å². The standard InChI is InChI=1S/C13H16INO3/c1-4-15(9(2)16)13(3,12(17)18)10-5-7-11(14)8-6-10/h5-8H,4H2,1-3H3,(H,17,18). The molecule has 1 aromatic carbocycles. The maximum atomic E-state index is 11.6. The van der Waals surface area contributed by atoms with Gasteiger partial charge >= 0.3 is 5.97 Å². The highest BCUT2D eigenvalue weighted by atomic mass is 127. The molecule has 0 fully saturated rings. The van der Waals surface area contributed by atoms with Crippen LogP contribution in [0.5, 0.6) is 0 Å². The molecule has 98 valence electrons. The van der Waals surface area contributed by atoms with Gasteiger partial charge in [-0.1, -0.05) is 12.1 Å². The fraction of sp³-hybridized carbons (Fsp3) is 0.385. The number of aliphatic carboxylic acids is 1. The highest BCUT2D eigenvalue weighted by molar-refractivity contribution is 14.1. The van der Waals surface area contributed by atoms with Crippen molar-refractivity contribution in [3.8, 4) is 0 Å². The number of carbonyl (C=O) groups is 2. The van der Waals surface area contributed by atoms with Gasteiger partial charge in [-0.15, -0.1) is 0 Å². The molecule has 18 heavy (non-hydrogen) atoms. The summed E-state index contributed by atoms with van der Waals surface area (Å²) in [7, 11) is 0. The molecule has 1 unspecified atom stereocenters. The zero-order chi connectivity index (χ0) is 13.9. The lowest BCUT2D eigenvalue weighted by Gasteiger charge is -2.37. The van der Waals surface area contributed by atoms with E-state index in [1.807, 2.05) is 12.1 Å². The van der Waals surface area contributed by atoms with Crippen LogP contribution in [-0.4, -0.2) is 28.4 Å². The number of carbonyl (C=O) groups excluding carboxylic acids is 1. The smallest absolute Gasteiger partial charge is 0.334 e. The molecular weight excluding hydrogens is 345 g/mol. The van der Waals surface area contributed by atoms with Crippen LogP contribution >= 0.6 is 22.6 Å². The molecule has 0 aliphatic rings. The van der Waals surface area contributed by atoms with E-state index < -0.39 is 11.5 Å². The summed E-state index contributed by atoms with van der Waals surface area (Å²) >= 11 is 2.15. The minimum absolute atomic E-state index is 0.249. The molecule has 1 aromatic rings. The predicted octanol–water partition coefficient (Wildman–Crippen LogP) is 2.46. The van der Waals surface area contributed by atoms with Crippen molar-refractivity contribution in [3.05, 3.63) is 33.4 Å². The Balaban J connectivity index is 3.35. The zero-order valence-corrected chi connectivity index (χ0v) is 12.8. The van der Waals surface area contributed by atoms with Gasteiger partial charge in [-0.05, 0) is 54.1 Å². The number of carboxylic acid groups (broad SMARTS) is 1. The summed E-state index contributed by atoms with van der Waals surface area (Å²) in [6, 6.07) is 7.18. The van der Waals surface area contributed by atoms with E-state index in [1.54, 1.807) is 26.0 Å². The normalized spacial score (nSPS) is 13.8. The fourth-order valence-corrected chi connectivity index (χ4v) is 2.38. The lowest BCUT2D eigenvalue weighted by Crippen LogP contribution is -2.51. The highest BCUT2D eigenvalue weighted by Crippen LogP contribution is 2.29. The molecule has 0 heterocycles. The van der Waals surface area contributed by atoms with Crippen molar-refractivity contribution in [1.29, 1.82) is 0 Å². The maximum absolute atomic E-state index is 11.6. The van der Waals surface area contributed by atoms with Crippen molar-refractivity contribution >= 4 is 34.5 Å². The van der Waals surface area contributed by atoms with Gasteiger partial charge in [-0.2, -0.15) is 0 Å². The van der Waals surface area contributed by atoms with Crippen LogP contribution in [0, 0.1) is 3.57 Å². The third-order valence-corrected chi connectivity index (χ3v) is 3.78. The van der Waals surface area contributed by atoms with Crippen molar-refractivity contribution in [2.75, 3.05) is 6.54 Å². The molecule has 0 spiro atoms.